The molecule has 2 aromatic carbocycles. The van der Waals surface area contributed by atoms with E-state index in [1.807, 2.05) is 38.1 Å². The largest absolute Gasteiger partial charge is 0.399 e. The molecule has 0 saturated carbocycles. The Balaban J connectivity index is 1.75. The summed E-state index contributed by atoms with van der Waals surface area (Å²) in [5.74, 6) is 0.688. The van der Waals surface area contributed by atoms with Gasteiger partial charge in [-0.15, -0.1) is 0 Å². The van der Waals surface area contributed by atoms with Crippen LogP contribution in [0, 0.1) is 0 Å². The molecule has 2 aromatic rings. The van der Waals surface area contributed by atoms with Crippen molar-refractivity contribution < 1.29 is 4.79 Å². The lowest BCUT2D eigenvalue weighted by atomic mass is 9.70. The molecule has 2 N–H and O–H groups in total. The van der Waals surface area contributed by atoms with E-state index in [1.165, 1.54) is 11.1 Å². The minimum absolute atomic E-state index is 0.298. The molecule has 0 radical (unpaired) electrons. The molecule has 0 heterocycles. The van der Waals surface area contributed by atoms with Crippen molar-refractivity contribution in [3.63, 3.8) is 0 Å². The van der Waals surface area contributed by atoms with Gasteiger partial charge in [-0.05, 0) is 55.0 Å². The summed E-state index contributed by atoms with van der Waals surface area (Å²) < 4.78 is 0. The average Bonchev–Trinajstić information content (AvgIpc) is 2.45. The minimum atomic E-state index is -0.460. The highest BCUT2D eigenvalue weighted by Crippen LogP contribution is 2.39. The predicted octanol–water partition coefficient (Wildman–Crippen LogP) is 3.85. The van der Waals surface area contributed by atoms with Crippen molar-refractivity contribution in [1.82, 2.24) is 0 Å². The maximum absolute atomic E-state index is 12.7. The topological polar surface area (TPSA) is 43.1 Å². The number of rotatable bonds is 4. The molecule has 108 valence electrons. The summed E-state index contributed by atoms with van der Waals surface area (Å²) in [6, 6.07) is 16.1. The smallest absolute Gasteiger partial charge is 0.143 e. The van der Waals surface area contributed by atoms with E-state index in [0.717, 1.165) is 17.7 Å². The molecule has 2 nitrogen and oxygen atoms in total. The third-order valence-corrected chi connectivity index (χ3v) is 4.72. The Labute approximate surface area is 126 Å². The summed E-state index contributed by atoms with van der Waals surface area (Å²) in [4.78, 5) is 12.7. The molecular formula is C19H21NO. The van der Waals surface area contributed by atoms with Crippen LogP contribution in [-0.4, -0.2) is 5.78 Å². The van der Waals surface area contributed by atoms with E-state index in [0.29, 0.717) is 18.1 Å². The van der Waals surface area contributed by atoms with Crippen LogP contribution in [0.4, 0.5) is 5.69 Å². The Morgan fingerprint density at radius 1 is 1.14 bits per heavy atom. The maximum atomic E-state index is 12.7. The Morgan fingerprint density at radius 2 is 1.81 bits per heavy atom. The van der Waals surface area contributed by atoms with Crippen molar-refractivity contribution in [3.8, 4) is 0 Å². The van der Waals surface area contributed by atoms with Crippen molar-refractivity contribution in [1.29, 1.82) is 0 Å². The number of Topliss-reactive ketones (excluding diaryl/α,β-unsaturated/α-hetero) is 1. The van der Waals surface area contributed by atoms with Crippen LogP contribution in [0.3, 0.4) is 0 Å². The van der Waals surface area contributed by atoms with Gasteiger partial charge in [0.15, 0.2) is 0 Å². The second-order valence-corrected chi connectivity index (χ2v) is 6.47. The highest BCUT2D eigenvalue weighted by molar-refractivity contribution is 5.90. The molecule has 0 saturated heterocycles. The van der Waals surface area contributed by atoms with Gasteiger partial charge in [-0.1, -0.05) is 36.4 Å². The molecule has 0 spiro atoms. The number of hydrogen-bond donors (Lipinski definition) is 1. The van der Waals surface area contributed by atoms with Gasteiger partial charge in [0.25, 0.3) is 0 Å². The third kappa shape index (κ3) is 2.46. The highest BCUT2D eigenvalue weighted by atomic mass is 16.1. The van der Waals surface area contributed by atoms with Crippen molar-refractivity contribution in [2.45, 2.75) is 38.0 Å². The standard InChI is InChI=1S/C19H21NO/c1-19(2,15-7-9-16(20)10-8-15)18(21)12-14-11-13-5-3-4-6-17(13)14/h3-10,14H,11-12,20H2,1-2H3. The fourth-order valence-corrected chi connectivity index (χ4v) is 3.08. The number of benzene rings is 2. The Hall–Kier alpha value is -2.09. The minimum Gasteiger partial charge on any atom is -0.399 e. The molecule has 3 rings (SSSR count). The normalized spacial score (nSPS) is 17.0. The number of carbonyl (C=O) groups excluding carboxylic acids is 1. The van der Waals surface area contributed by atoms with Gasteiger partial charge in [-0.2, -0.15) is 0 Å². The maximum Gasteiger partial charge on any atom is 0.143 e. The molecule has 0 amide bonds. The molecule has 0 fully saturated rings. The van der Waals surface area contributed by atoms with Gasteiger partial charge in [0, 0.05) is 17.5 Å². The van der Waals surface area contributed by atoms with Gasteiger partial charge >= 0.3 is 0 Å². The van der Waals surface area contributed by atoms with Gasteiger partial charge < -0.3 is 5.73 Å². The Morgan fingerprint density at radius 3 is 2.48 bits per heavy atom. The number of carbonyl (C=O) groups is 1. The van der Waals surface area contributed by atoms with E-state index in [2.05, 4.69) is 24.3 Å². The van der Waals surface area contributed by atoms with Crippen LogP contribution in [0.1, 0.15) is 42.9 Å². The van der Waals surface area contributed by atoms with Crippen molar-refractivity contribution in [2.75, 3.05) is 5.73 Å². The molecule has 0 bridgehead atoms. The monoisotopic (exact) mass is 279 g/mol. The van der Waals surface area contributed by atoms with E-state index in [-0.39, 0.29) is 0 Å². The van der Waals surface area contributed by atoms with Gasteiger partial charge in [0.1, 0.15) is 5.78 Å². The summed E-state index contributed by atoms with van der Waals surface area (Å²) in [7, 11) is 0. The molecular weight excluding hydrogens is 258 g/mol. The third-order valence-electron chi connectivity index (χ3n) is 4.72. The fraction of sp³-hybridized carbons (Fsp3) is 0.316. The number of ketones is 1. The average molecular weight is 279 g/mol. The second kappa shape index (κ2) is 5.03. The lowest BCUT2D eigenvalue weighted by Gasteiger charge is -2.33. The van der Waals surface area contributed by atoms with Crippen molar-refractivity contribution in [2.24, 2.45) is 0 Å². The molecule has 0 aromatic heterocycles. The number of nitrogens with two attached hydrogens (primary N) is 1. The number of anilines is 1. The lowest BCUT2D eigenvalue weighted by molar-refractivity contribution is -0.124. The van der Waals surface area contributed by atoms with Crippen LogP contribution in [0.15, 0.2) is 48.5 Å². The van der Waals surface area contributed by atoms with Crippen LogP contribution in [0.5, 0.6) is 0 Å². The molecule has 1 aliphatic rings. The summed E-state index contributed by atoms with van der Waals surface area (Å²) in [6.07, 6.45) is 1.65. The number of nitrogen functional groups attached to an aromatic ring is 1. The quantitative estimate of drug-likeness (QED) is 0.864. The zero-order valence-corrected chi connectivity index (χ0v) is 12.6. The molecule has 1 unspecified atom stereocenters. The number of fused-ring (bicyclic) bond motifs is 1. The van der Waals surface area contributed by atoms with Gasteiger partial charge in [0.05, 0.1) is 0 Å². The zero-order chi connectivity index (χ0) is 15.0. The van der Waals surface area contributed by atoms with E-state index in [9.17, 15) is 4.79 Å². The molecule has 0 aliphatic heterocycles. The zero-order valence-electron chi connectivity index (χ0n) is 12.6. The predicted molar refractivity (Wildman–Crippen MR) is 86.4 cm³/mol. The van der Waals surface area contributed by atoms with Crippen LogP contribution in [0.25, 0.3) is 0 Å². The van der Waals surface area contributed by atoms with Crippen LogP contribution >= 0.6 is 0 Å². The first-order chi connectivity index (χ1) is 9.98. The van der Waals surface area contributed by atoms with Crippen LogP contribution in [0.2, 0.25) is 0 Å². The van der Waals surface area contributed by atoms with Gasteiger partial charge in [-0.25, -0.2) is 0 Å². The van der Waals surface area contributed by atoms with Crippen molar-refractivity contribution in [3.05, 3.63) is 65.2 Å². The van der Waals surface area contributed by atoms with Gasteiger partial charge in [0.2, 0.25) is 0 Å². The van der Waals surface area contributed by atoms with Crippen molar-refractivity contribution >= 4 is 11.5 Å². The fourth-order valence-electron chi connectivity index (χ4n) is 3.08. The molecule has 21 heavy (non-hydrogen) atoms. The summed E-state index contributed by atoms with van der Waals surface area (Å²) in [5.41, 5.74) is 9.77. The first kappa shape index (κ1) is 13.9. The first-order valence-corrected chi connectivity index (χ1v) is 7.45. The van der Waals surface area contributed by atoms with Crippen LogP contribution in [-0.2, 0) is 16.6 Å². The van der Waals surface area contributed by atoms with E-state index in [4.69, 9.17) is 5.73 Å². The SMILES string of the molecule is CC(C)(C(=O)CC1Cc2ccccc21)c1ccc(N)cc1. The molecule has 1 atom stereocenters. The molecule has 1 aliphatic carbocycles. The van der Waals surface area contributed by atoms with Crippen LogP contribution < -0.4 is 5.73 Å². The van der Waals surface area contributed by atoms with E-state index < -0.39 is 5.41 Å². The summed E-state index contributed by atoms with van der Waals surface area (Å²) >= 11 is 0. The lowest BCUT2D eigenvalue weighted by Crippen LogP contribution is -2.32. The number of hydrogen-bond acceptors (Lipinski definition) is 2. The van der Waals surface area contributed by atoms with E-state index in [1.54, 1.807) is 0 Å². The van der Waals surface area contributed by atoms with E-state index >= 15 is 0 Å². The summed E-state index contributed by atoms with van der Waals surface area (Å²) in [6.45, 7) is 4.01. The highest BCUT2D eigenvalue weighted by Gasteiger charge is 2.34. The Bertz CT molecular complexity index is 670. The first-order valence-electron chi connectivity index (χ1n) is 7.45. The molecule has 2 heteroatoms. The second-order valence-electron chi connectivity index (χ2n) is 6.47. The Kier molecular flexibility index (Phi) is 3.32. The van der Waals surface area contributed by atoms with Gasteiger partial charge in [-0.3, -0.25) is 4.79 Å². The summed E-state index contributed by atoms with van der Waals surface area (Å²) in [5, 5.41) is 0.